The van der Waals surface area contributed by atoms with E-state index in [-0.39, 0.29) is 0 Å². The molecule has 0 unspecified atom stereocenters. The van der Waals surface area contributed by atoms with Crippen LogP contribution in [0.2, 0.25) is 0 Å². The second-order valence-corrected chi connectivity index (χ2v) is 4.78. The van der Waals surface area contributed by atoms with E-state index in [1.54, 1.807) is 12.0 Å². The van der Waals surface area contributed by atoms with Crippen molar-refractivity contribution in [2.75, 3.05) is 17.8 Å². The molecule has 1 aromatic carbocycles. The number of ether oxygens (including phenoxy) is 1. The Morgan fingerprint density at radius 1 is 1.47 bits per heavy atom. The smallest absolute Gasteiger partial charge is 0.143 e. The second-order valence-electron chi connectivity index (χ2n) is 3.13. The predicted molar refractivity (Wildman–Crippen MR) is 66.5 cm³/mol. The van der Waals surface area contributed by atoms with Crippen molar-refractivity contribution < 1.29 is 9.84 Å². The quantitative estimate of drug-likeness (QED) is 0.799. The van der Waals surface area contributed by atoms with Crippen molar-refractivity contribution in [2.45, 2.75) is 6.23 Å². The van der Waals surface area contributed by atoms with Crippen LogP contribution >= 0.6 is 24.0 Å². The van der Waals surface area contributed by atoms with Crippen LogP contribution in [-0.2, 0) is 0 Å². The molecular weight excluding hydrogens is 230 g/mol. The van der Waals surface area contributed by atoms with E-state index in [9.17, 15) is 5.11 Å². The van der Waals surface area contributed by atoms with Gasteiger partial charge >= 0.3 is 0 Å². The van der Waals surface area contributed by atoms with Crippen molar-refractivity contribution >= 4 is 34.0 Å². The number of aliphatic hydroxyl groups is 1. The van der Waals surface area contributed by atoms with Gasteiger partial charge in [-0.15, -0.1) is 0 Å². The Bertz CT molecular complexity index is 366. The maximum atomic E-state index is 9.73. The van der Waals surface area contributed by atoms with Crippen LogP contribution in [0, 0.1) is 0 Å². The summed E-state index contributed by atoms with van der Waals surface area (Å²) in [5.74, 6) is 1.43. The number of methoxy groups -OCH3 is 1. The van der Waals surface area contributed by atoms with E-state index in [0.29, 0.717) is 10.1 Å². The van der Waals surface area contributed by atoms with Crippen LogP contribution in [0.4, 0.5) is 5.69 Å². The van der Waals surface area contributed by atoms with Gasteiger partial charge in [0, 0.05) is 11.4 Å². The Kier molecular flexibility index (Phi) is 3.14. The van der Waals surface area contributed by atoms with E-state index >= 15 is 0 Å². The Morgan fingerprint density at radius 2 is 2.13 bits per heavy atom. The van der Waals surface area contributed by atoms with Crippen molar-refractivity contribution in [1.82, 2.24) is 0 Å². The first-order chi connectivity index (χ1) is 7.22. The number of hydrogen-bond donors (Lipinski definition) is 1. The average molecular weight is 241 g/mol. The zero-order valence-electron chi connectivity index (χ0n) is 8.21. The van der Waals surface area contributed by atoms with Crippen molar-refractivity contribution in [2.24, 2.45) is 0 Å². The largest absolute Gasteiger partial charge is 0.497 e. The maximum absolute atomic E-state index is 9.73. The molecular formula is C10H11NO2S2. The lowest BCUT2D eigenvalue weighted by Gasteiger charge is -2.21. The van der Waals surface area contributed by atoms with Crippen LogP contribution < -0.4 is 9.64 Å². The molecule has 0 spiro atoms. The molecule has 0 amide bonds. The summed E-state index contributed by atoms with van der Waals surface area (Å²) >= 11 is 6.65. The standard InChI is InChI=1S/C10H11NO2S2/c1-13-8-4-2-7(3-5-8)11-9(12)6-15-10(11)14/h2-5,9,12H,6H2,1H3/t9-/m0/s1. The van der Waals surface area contributed by atoms with E-state index in [4.69, 9.17) is 17.0 Å². The zero-order valence-corrected chi connectivity index (χ0v) is 9.85. The van der Waals surface area contributed by atoms with Gasteiger partial charge in [-0.05, 0) is 24.3 Å². The first-order valence-corrected chi connectivity index (χ1v) is 5.90. The highest BCUT2D eigenvalue weighted by atomic mass is 32.2. The summed E-state index contributed by atoms with van der Waals surface area (Å²) < 4.78 is 5.78. The van der Waals surface area contributed by atoms with Gasteiger partial charge in [0.1, 0.15) is 16.3 Å². The molecule has 0 bridgehead atoms. The minimum atomic E-state index is -0.518. The Hall–Kier alpha value is -0.780. The topological polar surface area (TPSA) is 32.7 Å². The molecule has 1 N–H and O–H groups in total. The fourth-order valence-electron chi connectivity index (χ4n) is 1.43. The highest BCUT2D eigenvalue weighted by Gasteiger charge is 2.28. The Labute approximate surface area is 98.0 Å². The third-order valence-corrected chi connectivity index (χ3v) is 3.66. The molecule has 1 fully saturated rings. The molecule has 1 aliphatic rings. The highest BCUT2D eigenvalue weighted by Crippen LogP contribution is 2.30. The molecule has 0 aromatic heterocycles. The first kappa shape index (κ1) is 10.7. The normalized spacial score (nSPS) is 20.8. The number of rotatable bonds is 2. The van der Waals surface area contributed by atoms with E-state index in [1.165, 1.54) is 11.8 Å². The molecule has 2 rings (SSSR count). The summed E-state index contributed by atoms with van der Waals surface area (Å²) in [5.41, 5.74) is 0.901. The Balaban J connectivity index is 2.25. The van der Waals surface area contributed by atoms with Crippen LogP contribution in [0.5, 0.6) is 5.75 Å². The molecule has 0 saturated carbocycles. The fraction of sp³-hybridized carbons (Fsp3) is 0.300. The predicted octanol–water partition coefficient (Wildman–Crippen LogP) is 1.85. The van der Waals surface area contributed by atoms with Crippen LogP contribution in [0.25, 0.3) is 0 Å². The summed E-state index contributed by atoms with van der Waals surface area (Å²) in [6.45, 7) is 0. The van der Waals surface area contributed by atoms with Crippen molar-refractivity contribution in [3.05, 3.63) is 24.3 Å². The summed E-state index contributed by atoms with van der Waals surface area (Å²) in [4.78, 5) is 1.75. The lowest BCUT2D eigenvalue weighted by molar-refractivity contribution is 0.213. The average Bonchev–Trinajstić information content (AvgIpc) is 2.59. The van der Waals surface area contributed by atoms with E-state index in [0.717, 1.165) is 11.4 Å². The molecule has 15 heavy (non-hydrogen) atoms. The molecule has 0 aliphatic carbocycles. The number of hydrogen-bond acceptors (Lipinski definition) is 4. The van der Waals surface area contributed by atoms with Crippen LogP contribution in [0.15, 0.2) is 24.3 Å². The second kappa shape index (κ2) is 4.38. The first-order valence-electron chi connectivity index (χ1n) is 4.50. The van der Waals surface area contributed by atoms with Gasteiger partial charge in [-0.25, -0.2) is 0 Å². The molecule has 3 nitrogen and oxygen atoms in total. The van der Waals surface area contributed by atoms with E-state index in [2.05, 4.69) is 0 Å². The van der Waals surface area contributed by atoms with Crippen molar-refractivity contribution in [1.29, 1.82) is 0 Å². The van der Waals surface area contributed by atoms with Crippen molar-refractivity contribution in [3.63, 3.8) is 0 Å². The molecule has 80 valence electrons. The number of anilines is 1. The maximum Gasteiger partial charge on any atom is 0.143 e. The molecule has 1 atom stereocenters. The molecule has 1 aliphatic heterocycles. The van der Waals surface area contributed by atoms with Gasteiger partial charge in [0.15, 0.2) is 0 Å². The molecule has 0 radical (unpaired) electrons. The van der Waals surface area contributed by atoms with Crippen LogP contribution in [0.3, 0.4) is 0 Å². The minimum Gasteiger partial charge on any atom is -0.497 e. The number of thiocarbonyl (C=S) groups is 1. The van der Waals surface area contributed by atoms with Crippen LogP contribution in [0.1, 0.15) is 0 Å². The third kappa shape index (κ3) is 2.09. The lowest BCUT2D eigenvalue weighted by Crippen LogP contribution is -2.32. The monoisotopic (exact) mass is 241 g/mol. The van der Waals surface area contributed by atoms with Gasteiger partial charge in [-0.1, -0.05) is 24.0 Å². The van der Waals surface area contributed by atoms with Gasteiger partial charge in [0.2, 0.25) is 0 Å². The minimum absolute atomic E-state index is 0.518. The third-order valence-electron chi connectivity index (χ3n) is 2.20. The lowest BCUT2D eigenvalue weighted by atomic mass is 10.3. The number of benzene rings is 1. The van der Waals surface area contributed by atoms with Gasteiger partial charge in [-0.2, -0.15) is 0 Å². The SMILES string of the molecule is COc1ccc(N2C(=S)SC[C@@H]2O)cc1. The molecule has 5 heteroatoms. The molecule has 1 aromatic rings. The number of aliphatic hydroxyl groups excluding tert-OH is 1. The summed E-state index contributed by atoms with van der Waals surface area (Å²) in [6.07, 6.45) is -0.518. The van der Waals surface area contributed by atoms with Gasteiger partial charge in [0.05, 0.1) is 7.11 Å². The number of thioether (sulfide) groups is 1. The number of nitrogens with zero attached hydrogens (tertiary/aromatic N) is 1. The van der Waals surface area contributed by atoms with Gasteiger partial charge in [-0.3, -0.25) is 0 Å². The van der Waals surface area contributed by atoms with E-state index < -0.39 is 6.23 Å². The van der Waals surface area contributed by atoms with Gasteiger partial charge in [0.25, 0.3) is 0 Å². The highest BCUT2D eigenvalue weighted by molar-refractivity contribution is 8.23. The van der Waals surface area contributed by atoms with Crippen molar-refractivity contribution in [3.8, 4) is 5.75 Å². The van der Waals surface area contributed by atoms with Crippen LogP contribution in [-0.4, -0.2) is 28.5 Å². The zero-order chi connectivity index (χ0) is 10.8. The summed E-state index contributed by atoms with van der Waals surface area (Å²) in [7, 11) is 1.63. The fourth-order valence-corrected chi connectivity index (χ4v) is 2.67. The van der Waals surface area contributed by atoms with Gasteiger partial charge < -0.3 is 14.7 Å². The molecule has 1 saturated heterocycles. The van der Waals surface area contributed by atoms with E-state index in [1.807, 2.05) is 24.3 Å². The summed E-state index contributed by atoms with van der Waals surface area (Å²) in [5, 5.41) is 9.73. The molecule has 1 heterocycles. The summed E-state index contributed by atoms with van der Waals surface area (Å²) in [6, 6.07) is 7.49. The Morgan fingerprint density at radius 3 is 2.60 bits per heavy atom.